The molecule has 0 saturated carbocycles. The Morgan fingerprint density at radius 3 is 2.33 bits per heavy atom. The summed E-state index contributed by atoms with van der Waals surface area (Å²) in [5, 5.41) is 0. The van der Waals surface area contributed by atoms with Gasteiger partial charge >= 0.3 is 6.18 Å². The smallest absolute Gasteiger partial charge is 0.433 e. The van der Waals surface area contributed by atoms with Crippen LogP contribution in [0.25, 0.3) is 0 Å². The van der Waals surface area contributed by atoms with Crippen LogP contribution in [0.15, 0.2) is 36.5 Å². The molecule has 0 radical (unpaired) electrons. The Labute approximate surface area is 136 Å². The van der Waals surface area contributed by atoms with Gasteiger partial charge in [-0.25, -0.2) is 14.4 Å². The van der Waals surface area contributed by atoms with Gasteiger partial charge in [-0.2, -0.15) is 13.2 Å². The van der Waals surface area contributed by atoms with Crippen LogP contribution < -0.4 is 9.64 Å². The molecule has 2 heterocycles. The average molecular weight is 341 g/mol. The first-order valence-electron chi connectivity index (χ1n) is 7.49. The fourth-order valence-electron chi connectivity index (χ4n) is 2.54. The van der Waals surface area contributed by atoms with Gasteiger partial charge in [-0.05, 0) is 30.3 Å². The normalized spacial score (nSPS) is 16.2. The number of rotatable bonds is 3. The van der Waals surface area contributed by atoms with Gasteiger partial charge in [0.25, 0.3) is 0 Å². The molecule has 0 N–H and O–H groups in total. The van der Waals surface area contributed by atoms with Gasteiger partial charge in [-0.3, -0.25) is 0 Å². The van der Waals surface area contributed by atoms with Crippen LogP contribution in [0.2, 0.25) is 0 Å². The van der Waals surface area contributed by atoms with Crippen LogP contribution in [0.4, 0.5) is 23.5 Å². The molecule has 0 atom stereocenters. The van der Waals surface area contributed by atoms with Gasteiger partial charge in [0, 0.05) is 32.1 Å². The summed E-state index contributed by atoms with van der Waals surface area (Å²) >= 11 is 0. The van der Waals surface area contributed by atoms with Gasteiger partial charge in [0.2, 0.25) is 5.95 Å². The number of aromatic nitrogens is 2. The fraction of sp³-hybridized carbons (Fsp3) is 0.375. The predicted molar refractivity (Wildman–Crippen MR) is 79.3 cm³/mol. The number of piperidine rings is 1. The van der Waals surface area contributed by atoms with Crippen molar-refractivity contribution in [1.82, 2.24) is 9.97 Å². The van der Waals surface area contributed by atoms with Gasteiger partial charge in [-0.1, -0.05) is 0 Å². The first-order chi connectivity index (χ1) is 11.4. The minimum Gasteiger partial charge on any atom is -0.490 e. The summed E-state index contributed by atoms with van der Waals surface area (Å²) in [7, 11) is 0. The molecule has 0 amide bonds. The highest BCUT2D eigenvalue weighted by atomic mass is 19.4. The number of alkyl halides is 3. The Morgan fingerprint density at radius 1 is 1.04 bits per heavy atom. The average Bonchev–Trinajstić information content (AvgIpc) is 2.57. The van der Waals surface area contributed by atoms with Crippen molar-refractivity contribution in [3.8, 4) is 5.75 Å². The maximum Gasteiger partial charge on any atom is 0.433 e. The van der Waals surface area contributed by atoms with E-state index in [9.17, 15) is 17.6 Å². The van der Waals surface area contributed by atoms with Crippen molar-refractivity contribution in [2.24, 2.45) is 0 Å². The van der Waals surface area contributed by atoms with Gasteiger partial charge < -0.3 is 9.64 Å². The largest absolute Gasteiger partial charge is 0.490 e. The number of hydrogen-bond acceptors (Lipinski definition) is 4. The molecule has 1 fully saturated rings. The SMILES string of the molecule is Fc1ccc(OC2CCN(c3nccc(C(F)(F)F)n3)CC2)cc1. The second kappa shape index (κ2) is 6.62. The molecule has 4 nitrogen and oxygen atoms in total. The molecule has 1 saturated heterocycles. The predicted octanol–water partition coefficient (Wildman–Crippen LogP) is 3.68. The highest BCUT2D eigenvalue weighted by Gasteiger charge is 2.33. The van der Waals surface area contributed by atoms with E-state index in [0.29, 0.717) is 31.7 Å². The Morgan fingerprint density at radius 2 is 1.71 bits per heavy atom. The third-order valence-electron chi connectivity index (χ3n) is 3.77. The zero-order valence-corrected chi connectivity index (χ0v) is 12.6. The van der Waals surface area contributed by atoms with Crippen molar-refractivity contribution in [3.63, 3.8) is 0 Å². The first-order valence-corrected chi connectivity index (χ1v) is 7.49. The monoisotopic (exact) mass is 341 g/mol. The lowest BCUT2D eigenvalue weighted by Crippen LogP contribution is -2.39. The molecule has 1 aliphatic heterocycles. The fourth-order valence-corrected chi connectivity index (χ4v) is 2.54. The molecule has 3 rings (SSSR count). The molecule has 1 aromatic heterocycles. The zero-order valence-electron chi connectivity index (χ0n) is 12.6. The maximum absolute atomic E-state index is 12.9. The second-order valence-electron chi connectivity index (χ2n) is 5.50. The molecule has 1 aromatic carbocycles. The Kier molecular flexibility index (Phi) is 4.55. The van der Waals surface area contributed by atoms with Crippen molar-refractivity contribution in [2.75, 3.05) is 18.0 Å². The standard InChI is InChI=1S/C16H15F4N3O/c17-11-1-3-12(4-2-11)24-13-6-9-23(10-7-13)15-21-8-5-14(22-15)16(18,19)20/h1-5,8,13H,6-7,9-10H2. The highest BCUT2D eigenvalue weighted by Crippen LogP contribution is 2.29. The van der Waals surface area contributed by atoms with Crippen LogP contribution in [0.5, 0.6) is 5.75 Å². The lowest BCUT2D eigenvalue weighted by Gasteiger charge is -2.32. The van der Waals surface area contributed by atoms with E-state index < -0.39 is 11.9 Å². The van der Waals surface area contributed by atoms with Gasteiger partial charge in [0.05, 0.1) is 0 Å². The summed E-state index contributed by atoms with van der Waals surface area (Å²) in [4.78, 5) is 9.23. The van der Waals surface area contributed by atoms with E-state index in [0.717, 1.165) is 12.3 Å². The Bertz CT molecular complexity index is 682. The molecular weight excluding hydrogens is 326 g/mol. The minimum absolute atomic E-state index is 0.0718. The molecule has 0 unspecified atom stereocenters. The molecule has 1 aliphatic rings. The summed E-state index contributed by atoms with van der Waals surface area (Å²) < 4.78 is 56.8. The lowest BCUT2D eigenvalue weighted by molar-refractivity contribution is -0.141. The molecule has 8 heteroatoms. The van der Waals surface area contributed by atoms with Crippen molar-refractivity contribution in [2.45, 2.75) is 25.1 Å². The van der Waals surface area contributed by atoms with Crippen LogP contribution in [0.3, 0.4) is 0 Å². The van der Waals surface area contributed by atoms with Crippen molar-refractivity contribution >= 4 is 5.95 Å². The molecule has 2 aromatic rings. The highest BCUT2D eigenvalue weighted by molar-refractivity contribution is 5.32. The third kappa shape index (κ3) is 3.93. The second-order valence-corrected chi connectivity index (χ2v) is 5.50. The van der Waals surface area contributed by atoms with E-state index in [1.54, 1.807) is 17.0 Å². The van der Waals surface area contributed by atoms with Crippen molar-refractivity contribution in [3.05, 3.63) is 48.0 Å². The first kappa shape index (κ1) is 16.5. The summed E-state index contributed by atoms with van der Waals surface area (Å²) in [6, 6.07) is 6.60. The molecule has 0 bridgehead atoms. The van der Waals surface area contributed by atoms with E-state index in [1.165, 1.54) is 12.1 Å². The Hall–Kier alpha value is -2.38. The zero-order chi connectivity index (χ0) is 17.2. The molecular formula is C16H15F4N3O. The van der Waals surface area contributed by atoms with Gasteiger partial charge in [0.15, 0.2) is 0 Å². The molecule has 0 spiro atoms. The summed E-state index contributed by atoms with van der Waals surface area (Å²) in [5.41, 5.74) is -0.947. The van der Waals surface area contributed by atoms with E-state index in [1.807, 2.05) is 0 Å². The van der Waals surface area contributed by atoms with Crippen LogP contribution >= 0.6 is 0 Å². The number of nitrogens with zero attached hydrogens (tertiary/aromatic N) is 3. The molecule has 0 aliphatic carbocycles. The maximum atomic E-state index is 12.9. The number of hydrogen-bond donors (Lipinski definition) is 0. The van der Waals surface area contributed by atoms with E-state index in [2.05, 4.69) is 9.97 Å². The summed E-state index contributed by atoms with van der Waals surface area (Å²) in [6.07, 6.45) is -2.19. The minimum atomic E-state index is -4.48. The van der Waals surface area contributed by atoms with Gasteiger partial charge in [0.1, 0.15) is 23.4 Å². The third-order valence-corrected chi connectivity index (χ3v) is 3.77. The van der Waals surface area contributed by atoms with E-state index >= 15 is 0 Å². The van der Waals surface area contributed by atoms with Crippen LogP contribution in [0, 0.1) is 5.82 Å². The lowest BCUT2D eigenvalue weighted by atomic mass is 10.1. The Balaban J connectivity index is 1.60. The van der Waals surface area contributed by atoms with Gasteiger partial charge in [-0.15, -0.1) is 0 Å². The van der Waals surface area contributed by atoms with Crippen molar-refractivity contribution in [1.29, 1.82) is 0 Å². The number of halogens is 4. The topological polar surface area (TPSA) is 38.2 Å². The number of benzene rings is 1. The summed E-state index contributed by atoms with van der Waals surface area (Å²) in [6.45, 7) is 0.986. The van der Waals surface area contributed by atoms with E-state index in [4.69, 9.17) is 4.74 Å². The van der Waals surface area contributed by atoms with E-state index in [-0.39, 0.29) is 17.9 Å². The number of ether oxygens (including phenoxy) is 1. The van der Waals surface area contributed by atoms with Crippen molar-refractivity contribution < 1.29 is 22.3 Å². The van der Waals surface area contributed by atoms with Crippen LogP contribution in [0.1, 0.15) is 18.5 Å². The summed E-state index contributed by atoms with van der Waals surface area (Å²) in [5.74, 6) is 0.314. The van der Waals surface area contributed by atoms with Crippen LogP contribution in [-0.2, 0) is 6.18 Å². The quantitative estimate of drug-likeness (QED) is 0.798. The van der Waals surface area contributed by atoms with Crippen LogP contribution in [-0.4, -0.2) is 29.2 Å². The number of anilines is 1. The molecule has 128 valence electrons. The molecule has 24 heavy (non-hydrogen) atoms.